The lowest BCUT2D eigenvalue weighted by atomic mass is 10.2. The predicted molar refractivity (Wildman–Crippen MR) is 56.9 cm³/mol. The van der Waals surface area contributed by atoms with Crippen molar-refractivity contribution in [1.82, 2.24) is 9.78 Å². The van der Waals surface area contributed by atoms with E-state index in [2.05, 4.69) is 11.2 Å². The Morgan fingerprint density at radius 1 is 1.38 bits per heavy atom. The number of nitriles is 1. The summed E-state index contributed by atoms with van der Waals surface area (Å²) >= 11 is 0. The van der Waals surface area contributed by atoms with E-state index in [1.165, 1.54) is 0 Å². The summed E-state index contributed by atoms with van der Waals surface area (Å²) in [6, 6.07) is 2.10. The molecule has 2 heterocycles. The normalized spacial score (nSPS) is 24.8. The highest BCUT2D eigenvalue weighted by atomic mass is 16.3. The summed E-state index contributed by atoms with van der Waals surface area (Å²) in [5.74, 6) is 0.663. The van der Waals surface area contributed by atoms with Gasteiger partial charge >= 0.3 is 0 Å². The Bertz CT molecular complexity index is 438. The van der Waals surface area contributed by atoms with Crippen LogP contribution in [0.4, 0.5) is 5.82 Å². The summed E-state index contributed by atoms with van der Waals surface area (Å²) in [7, 11) is 1.75. The molecule has 0 spiro atoms. The predicted octanol–water partition coefficient (Wildman–Crippen LogP) is -0.858. The molecule has 1 aromatic heterocycles. The van der Waals surface area contributed by atoms with Gasteiger partial charge in [-0.25, -0.2) is 0 Å². The summed E-state index contributed by atoms with van der Waals surface area (Å²) < 4.78 is 1.61. The first-order valence-corrected chi connectivity index (χ1v) is 5.09. The van der Waals surface area contributed by atoms with Gasteiger partial charge in [-0.1, -0.05) is 0 Å². The third kappa shape index (κ3) is 1.54. The highest BCUT2D eigenvalue weighted by molar-refractivity contribution is 5.57. The van der Waals surface area contributed by atoms with E-state index in [0.29, 0.717) is 30.2 Å². The number of aryl methyl sites for hydroxylation is 2. The molecule has 1 fully saturated rings. The van der Waals surface area contributed by atoms with Crippen molar-refractivity contribution in [2.45, 2.75) is 19.1 Å². The zero-order valence-electron chi connectivity index (χ0n) is 9.25. The Morgan fingerprint density at radius 3 is 2.44 bits per heavy atom. The SMILES string of the molecule is Cc1nn(C)c(N2CC(O)C(O)C2)c1C#N. The summed E-state index contributed by atoms with van der Waals surface area (Å²) in [6.45, 7) is 2.43. The molecule has 0 aromatic carbocycles. The zero-order valence-corrected chi connectivity index (χ0v) is 9.25. The quantitative estimate of drug-likeness (QED) is 0.646. The molecule has 16 heavy (non-hydrogen) atoms. The number of hydrogen-bond acceptors (Lipinski definition) is 5. The molecule has 0 aliphatic carbocycles. The van der Waals surface area contributed by atoms with Crippen molar-refractivity contribution in [3.8, 4) is 6.07 Å². The van der Waals surface area contributed by atoms with Gasteiger partial charge in [-0.3, -0.25) is 4.68 Å². The topological polar surface area (TPSA) is 85.3 Å². The largest absolute Gasteiger partial charge is 0.389 e. The van der Waals surface area contributed by atoms with Crippen LogP contribution in [-0.4, -0.2) is 45.3 Å². The zero-order chi connectivity index (χ0) is 11.9. The number of aromatic nitrogens is 2. The Labute approximate surface area is 93.3 Å². The van der Waals surface area contributed by atoms with Crippen LogP contribution in [0, 0.1) is 18.3 Å². The van der Waals surface area contributed by atoms with Gasteiger partial charge in [-0.05, 0) is 6.92 Å². The molecule has 1 aliphatic heterocycles. The highest BCUT2D eigenvalue weighted by Gasteiger charge is 2.33. The van der Waals surface area contributed by atoms with Gasteiger partial charge in [0, 0.05) is 20.1 Å². The number of nitrogens with zero attached hydrogens (tertiary/aromatic N) is 4. The Balaban J connectivity index is 2.38. The van der Waals surface area contributed by atoms with Crippen molar-refractivity contribution in [1.29, 1.82) is 5.26 Å². The molecule has 2 rings (SSSR count). The molecule has 0 bridgehead atoms. The molecule has 6 heteroatoms. The second kappa shape index (κ2) is 3.77. The van der Waals surface area contributed by atoms with Crippen LogP contribution < -0.4 is 4.90 Å². The third-order valence-electron chi connectivity index (χ3n) is 2.86. The minimum Gasteiger partial charge on any atom is -0.389 e. The second-order valence-corrected chi connectivity index (χ2v) is 4.06. The molecule has 2 unspecified atom stereocenters. The highest BCUT2D eigenvalue weighted by Crippen LogP contribution is 2.25. The smallest absolute Gasteiger partial charge is 0.145 e. The van der Waals surface area contributed by atoms with Crippen LogP contribution in [0.3, 0.4) is 0 Å². The Hall–Kier alpha value is -1.58. The molecule has 2 atom stereocenters. The maximum Gasteiger partial charge on any atom is 0.145 e. The van der Waals surface area contributed by atoms with Gasteiger partial charge in [-0.2, -0.15) is 10.4 Å². The second-order valence-electron chi connectivity index (χ2n) is 4.06. The Morgan fingerprint density at radius 2 is 1.94 bits per heavy atom. The lowest BCUT2D eigenvalue weighted by Gasteiger charge is -2.17. The Kier molecular flexibility index (Phi) is 2.58. The van der Waals surface area contributed by atoms with Crippen molar-refractivity contribution in [3.05, 3.63) is 11.3 Å². The minimum absolute atomic E-state index is 0.328. The van der Waals surface area contributed by atoms with Crippen molar-refractivity contribution in [3.63, 3.8) is 0 Å². The molecule has 6 nitrogen and oxygen atoms in total. The van der Waals surface area contributed by atoms with Crippen LogP contribution in [0.25, 0.3) is 0 Å². The molecule has 2 N–H and O–H groups in total. The number of hydrogen-bond donors (Lipinski definition) is 2. The van der Waals surface area contributed by atoms with Gasteiger partial charge < -0.3 is 15.1 Å². The van der Waals surface area contributed by atoms with Crippen LogP contribution in [0.1, 0.15) is 11.3 Å². The molecule has 1 saturated heterocycles. The molecule has 0 amide bonds. The van der Waals surface area contributed by atoms with E-state index in [1.807, 2.05) is 0 Å². The summed E-state index contributed by atoms with van der Waals surface area (Å²) in [5.41, 5.74) is 1.17. The molecular formula is C10H14N4O2. The fraction of sp³-hybridized carbons (Fsp3) is 0.600. The number of aliphatic hydroxyl groups is 2. The van der Waals surface area contributed by atoms with Gasteiger partial charge in [0.05, 0.1) is 17.9 Å². The van der Waals surface area contributed by atoms with E-state index in [1.54, 1.807) is 23.6 Å². The van der Waals surface area contributed by atoms with Gasteiger partial charge in [0.1, 0.15) is 17.5 Å². The number of aliphatic hydroxyl groups excluding tert-OH is 2. The van der Waals surface area contributed by atoms with Crippen molar-refractivity contribution < 1.29 is 10.2 Å². The molecule has 1 aliphatic rings. The molecule has 1 aromatic rings. The fourth-order valence-electron chi connectivity index (χ4n) is 2.08. The first kappa shape index (κ1) is 10.9. The van der Waals surface area contributed by atoms with Gasteiger partial charge in [0.25, 0.3) is 0 Å². The third-order valence-corrected chi connectivity index (χ3v) is 2.86. The first-order valence-electron chi connectivity index (χ1n) is 5.09. The first-order chi connectivity index (χ1) is 7.54. The van der Waals surface area contributed by atoms with E-state index in [0.717, 1.165) is 0 Å². The van der Waals surface area contributed by atoms with E-state index < -0.39 is 12.2 Å². The molecule has 0 radical (unpaired) electrons. The van der Waals surface area contributed by atoms with Crippen LogP contribution in [-0.2, 0) is 7.05 Å². The maximum absolute atomic E-state index is 9.49. The van der Waals surface area contributed by atoms with Crippen LogP contribution in [0.2, 0.25) is 0 Å². The summed E-state index contributed by atoms with van der Waals surface area (Å²) in [4.78, 5) is 1.79. The lowest BCUT2D eigenvalue weighted by Crippen LogP contribution is -2.24. The summed E-state index contributed by atoms with van der Waals surface area (Å²) in [6.07, 6.45) is -1.52. The molecule has 0 saturated carbocycles. The number of β-amino-alcohol motifs (C(OH)–C–C–N with tert-alkyl or cyclic N) is 2. The van der Waals surface area contributed by atoms with E-state index in [4.69, 9.17) is 5.26 Å². The monoisotopic (exact) mass is 222 g/mol. The van der Waals surface area contributed by atoms with Crippen LogP contribution in [0.15, 0.2) is 0 Å². The molecule has 86 valence electrons. The fourth-order valence-corrected chi connectivity index (χ4v) is 2.08. The minimum atomic E-state index is -0.762. The average Bonchev–Trinajstić information content (AvgIpc) is 2.67. The van der Waals surface area contributed by atoms with Gasteiger partial charge in [-0.15, -0.1) is 0 Å². The lowest BCUT2D eigenvalue weighted by molar-refractivity contribution is 0.0572. The maximum atomic E-state index is 9.49. The number of anilines is 1. The standard InChI is InChI=1S/C10H14N4O2/c1-6-7(3-11)10(13(2)12-6)14-4-8(15)9(16)5-14/h8-9,15-16H,4-5H2,1-2H3. The van der Waals surface area contributed by atoms with Crippen molar-refractivity contribution in [2.75, 3.05) is 18.0 Å². The van der Waals surface area contributed by atoms with E-state index in [-0.39, 0.29) is 0 Å². The van der Waals surface area contributed by atoms with Gasteiger partial charge in [0.15, 0.2) is 0 Å². The van der Waals surface area contributed by atoms with E-state index in [9.17, 15) is 10.2 Å². The number of rotatable bonds is 1. The summed E-state index contributed by atoms with van der Waals surface area (Å²) in [5, 5.41) is 32.2. The van der Waals surface area contributed by atoms with Gasteiger partial charge in [0.2, 0.25) is 0 Å². The van der Waals surface area contributed by atoms with Crippen LogP contribution >= 0.6 is 0 Å². The molecular weight excluding hydrogens is 208 g/mol. The average molecular weight is 222 g/mol. The van der Waals surface area contributed by atoms with Crippen LogP contribution in [0.5, 0.6) is 0 Å². The van der Waals surface area contributed by atoms with Crippen molar-refractivity contribution in [2.24, 2.45) is 7.05 Å². The van der Waals surface area contributed by atoms with E-state index >= 15 is 0 Å². The van der Waals surface area contributed by atoms with Crippen molar-refractivity contribution >= 4 is 5.82 Å².